The lowest BCUT2D eigenvalue weighted by atomic mass is 10.2. The van der Waals surface area contributed by atoms with E-state index in [4.69, 9.17) is 10.5 Å². The fourth-order valence-electron chi connectivity index (χ4n) is 1.68. The van der Waals surface area contributed by atoms with E-state index >= 15 is 0 Å². The molecule has 0 atom stereocenters. The Morgan fingerprint density at radius 2 is 2.29 bits per heavy atom. The molecule has 4 heteroatoms. The normalized spacial score (nSPS) is 10.5. The average molecular weight is 231 g/mol. The molecule has 0 fully saturated rings. The Morgan fingerprint density at radius 1 is 1.41 bits per heavy atom. The highest BCUT2D eigenvalue weighted by molar-refractivity contribution is 5.28. The number of imidazole rings is 1. The van der Waals surface area contributed by atoms with Gasteiger partial charge in [0.15, 0.2) is 0 Å². The minimum absolute atomic E-state index is 0.481. The fraction of sp³-hybridized carbons (Fsp3) is 0.308. The van der Waals surface area contributed by atoms with Crippen LogP contribution < -0.4 is 10.5 Å². The van der Waals surface area contributed by atoms with Crippen LogP contribution in [0.2, 0.25) is 0 Å². The van der Waals surface area contributed by atoms with Gasteiger partial charge in [-0.3, -0.25) is 0 Å². The van der Waals surface area contributed by atoms with Crippen LogP contribution in [0, 0.1) is 0 Å². The summed E-state index contributed by atoms with van der Waals surface area (Å²) in [4.78, 5) is 4.26. The van der Waals surface area contributed by atoms with E-state index in [-0.39, 0.29) is 0 Å². The molecule has 0 bridgehead atoms. The van der Waals surface area contributed by atoms with Gasteiger partial charge in [-0.15, -0.1) is 0 Å². The Labute approximate surface area is 101 Å². The third kappa shape index (κ3) is 2.85. The van der Waals surface area contributed by atoms with Crippen molar-refractivity contribution in [2.24, 2.45) is 5.73 Å². The summed E-state index contributed by atoms with van der Waals surface area (Å²) in [6, 6.07) is 7.82. The van der Waals surface area contributed by atoms with Crippen molar-refractivity contribution >= 4 is 0 Å². The standard InChI is InChI=1S/C13H17N3O/c1-2-16-7-6-15-13(16)10-17-12-5-3-4-11(8-12)9-14/h3-8H,2,9-10,14H2,1H3. The number of aromatic nitrogens is 2. The summed E-state index contributed by atoms with van der Waals surface area (Å²) in [5.74, 6) is 1.77. The molecular formula is C13H17N3O. The van der Waals surface area contributed by atoms with E-state index in [9.17, 15) is 0 Å². The van der Waals surface area contributed by atoms with E-state index in [1.165, 1.54) is 0 Å². The molecule has 0 saturated carbocycles. The maximum Gasteiger partial charge on any atom is 0.146 e. The van der Waals surface area contributed by atoms with Crippen molar-refractivity contribution in [1.29, 1.82) is 0 Å². The number of nitrogens with zero attached hydrogens (tertiary/aromatic N) is 2. The molecule has 4 nitrogen and oxygen atoms in total. The Balaban J connectivity index is 2.02. The lowest BCUT2D eigenvalue weighted by Gasteiger charge is -2.08. The molecule has 0 aliphatic carbocycles. The number of nitrogens with two attached hydrogens (primary N) is 1. The molecule has 0 radical (unpaired) electrons. The predicted octanol–water partition coefficient (Wildman–Crippen LogP) is 1.94. The van der Waals surface area contributed by atoms with E-state index in [1.807, 2.05) is 30.5 Å². The molecule has 0 amide bonds. The summed E-state index contributed by atoms with van der Waals surface area (Å²) in [6.07, 6.45) is 3.74. The van der Waals surface area contributed by atoms with Crippen molar-refractivity contribution in [3.8, 4) is 5.75 Å². The van der Waals surface area contributed by atoms with Crippen molar-refractivity contribution in [2.45, 2.75) is 26.6 Å². The topological polar surface area (TPSA) is 53.1 Å². The third-order valence-electron chi connectivity index (χ3n) is 2.64. The number of hydrogen-bond acceptors (Lipinski definition) is 3. The largest absolute Gasteiger partial charge is 0.486 e. The number of aryl methyl sites for hydroxylation is 1. The lowest BCUT2D eigenvalue weighted by Crippen LogP contribution is -2.05. The van der Waals surface area contributed by atoms with Crippen LogP contribution in [0.15, 0.2) is 36.7 Å². The smallest absolute Gasteiger partial charge is 0.146 e. The summed E-state index contributed by atoms with van der Waals surface area (Å²) in [5.41, 5.74) is 6.65. The summed E-state index contributed by atoms with van der Waals surface area (Å²) in [5, 5.41) is 0. The van der Waals surface area contributed by atoms with E-state index in [1.54, 1.807) is 6.20 Å². The molecule has 1 aromatic heterocycles. The quantitative estimate of drug-likeness (QED) is 0.855. The highest BCUT2D eigenvalue weighted by Gasteiger charge is 2.02. The van der Waals surface area contributed by atoms with Gasteiger partial charge in [0.25, 0.3) is 0 Å². The molecular weight excluding hydrogens is 214 g/mol. The second kappa shape index (κ2) is 5.50. The third-order valence-corrected chi connectivity index (χ3v) is 2.64. The van der Waals surface area contributed by atoms with Gasteiger partial charge in [0.1, 0.15) is 18.2 Å². The Hall–Kier alpha value is -1.81. The Kier molecular flexibility index (Phi) is 3.77. The van der Waals surface area contributed by atoms with Crippen molar-refractivity contribution in [3.63, 3.8) is 0 Å². The summed E-state index contributed by atoms with van der Waals surface area (Å²) in [6.45, 7) is 4.00. The molecule has 1 heterocycles. The lowest BCUT2D eigenvalue weighted by molar-refractivity contribution is 0.289. The Bertz CT molecular complexity index is 479. The van der Waals surface area contributed by atoms with Gasteiger partial charge in [0, 0.05) is 25.5 Å². The molecule has 90 valence electrons. The van der Waals surface area contributed by atoms with E-state index in [0.717, 1.165) is 23.7 Å². The first kappa shape index (κ1) is 11.7. The van der Waals surface area contributed by atoms with Crippen molar-refractivity contribution in [2.75, 3.05) is 0 Å². The van der Waals surface area contributed by atoms with Crippen LogP contribution in [0.25, 0.3) is 0 Å². The van der Waals surface area contributed by atoms with Gasteiger partial charge in [-0.2, -0.15) is 0 Å². The number of rotatable bonds is 5. The van der Waals surface area contributed by atoms with E-state index in [0.29, 0.717) is 13.2 Å². The summed E-state index contributed by atoms with van der Waals surface area (Å²) in [7, 11) is 0. The van der Waals surface area contributed by atoms with Gasteiger partial charge in [0.2, 0.25) is 0 Å². The molecule has 2 rings (SSSR count). The first-order valence-electron chi connectivity index (χ1n) is 5.75. The number of ether oxygens (including phenoxy) is 1. The van der Waals surface area contributed by atoms with Crippen LogP contribution in [-0.4, -0.2) is 9.55 Å². The predicted molar refractivity (Wildman–Crippen MR) is 66.6 cm³/mol. The molecule has 0 spiro atoms. The summed E-state index contributed by atoms with van der Waals surface area (Å²) < 4.78 is 7.76. The molecule has 0 saturated heterocycles. The van der Waals surface area contributed by atoms with Crippen LogP contribution in [0.5, 0.6) is 5.75 Å². The second-order valence-electron chi connectivity index (χ2n) is 3.77. The number of hydrogen-bond donors (Lipinski definition) is 1. The van der Waals surface area contributed by atoms with Crippen LogP contribution in [-0.2, 0) is 19.7 Å². The van der Waals surface area contributed by atoms with Crippen LogP contribution in [0.3, 0.4) is 0 Å². The maximum atomic E-state index is 5.70. The van der Waals surface area contributed by atoms with Crippen LogP contribution in [0.1, 0.15) is 18.3 Å². The monoisotopic (exact) mass is 231 g/mol. The van der Waals surface area contributed by atoms with E-state index in [2.05, 4.69) is 16.5 Å². The Morgan fingerprint density at radius 3 is 3.06 bits per heavy atom. The van der Waals surface area contributed by atoms with E-state index < -0.39 is 0 Å². The minimum atomic E-state index is 0.481. The van der Waals surface area contributed by atoms with Gasteiger partial charge in [-0.05, 0) is 24.6 Å². The van der Waals surface area contributed by atoms with Crippen molar-refractivity contribution in [3.05, 3.63) is 48.0 Å². The highest BCUT2D eigenvalue weighted by Crippen LogP contribution is 2.14. The average Bonchev–Trinajstić information content (AvgIpc) is 2.84. The first-order chi connectivity index (χ1) is 8.33. The zero-order valence-electron chi connectivity index (χ0n) is 9.97. The van der Waals surface area contributed by atoms with Gasteiger partial charge in [-0.1, -0.05) is 12.1 Å². The van der Waals surface area contributed by atoms with Crippen LogP contribution in [0.4, 0.5) is 0 Å². The van der Waals surface area contributed by atoms with Gasteiger partial charge in [0.05, 0.1) is 0 Å². The number of benzene rings is 1. The maximum absolute atomic E-state index is 5.70. The zero-order chi connectivity index (χ0) is 12.1. The zero-order valence-corrected chi connectivity index (χ0v) is 9.97. The first-order valence-corrected chi connectivity index (χ1v) is 5.75. The van der Waals surface area contributed by atoms with Crippen molar-refractivity contribution in [1.82, 2.24) is 9.55 Å². The molecule has 2 N–H and O–H groups in total. The van der Waals surface area contributed by atoms with Gasteiger partial charge < -0.3 is 15.0 Å². The highest BCUT2D eigenvalue weighted by atomic mass is 16.5. The molecule has 0 aliphatic heterocycles. The fourth-order valence-corrected chi connectivity index (χ4v) is 1.68. The molecule has 0 unspecified atom stereocenters. The van der Waals surface area contributed by atoms with Gasteiger partial charge in [-0.25, -0.2) is 4.98 Å². The summed E-state index contributed by atoms with van der Waals surface area (Å²) >= 11 is 0. The van der Waals surface area contributed by atoms with Crippen molar-refractivity contribution < 1.29 is 4.74 Å². The second-order valence-corrected chi connectivity index (χ2v) is 3.77. The molecule has 1 aromatic carbocycles. The van der Waals surface area contributed by atoms with Crippen LogP contribution >= 0.6 is 0 Å². The molecule has 0 aliphatic rings. The van der Waals surface area contributed by atoms with Gasteiger partial charge >= 0.3 is 0 Å². The molecule has 17 heavy (non-hydrogen) atoms. The SMILES string of the molecule is CCn1ccnc1COc1cccc(CN)c1. The molecule has 2 aromatic rings. The minimum Gasteiger partial charge on any atom is -0.486 e.